The molecule has 2 atom stereocenters. The Bertz CT molecular complexity index is 922. The highest BCUT2D eigenvalue weighted by Crippen LogP contribution is 2.35. The van der Waals surface area contributed by atoms with Crippen LogP contribution in [0.2, 0.25) is 0 Å². The van der Waals surface area contributed by atoms with Crippen molar-refractivity contribution in [2.24, 2.45) is 5.92 Å². The van der Waals surface area contributed by atoms with Crippen molar-refractivity contribution in [1.82, 2.24) is 14.1 Å². The fourth-order valence-electron chi connectivity index (χ4n) is 6.20. The molecule has 170 valence electrons. The summed E-state index contributed by atoms with van der Waals surface area (Å²) in [6.45, 7) is 3.48. The summed E-state index contributed by atoms with van der Waals surface area (Å²) >= 11 is 0. The van der Waals surface area contributed by atoms with E-state index in [1.165, 1.54) is 36.8 Å². The molecular formula is C24H35N3O3S. The summed E-state index contributed by atoms with van der Waals surface area (Å²) in [7, 11) is -3.46. The number of piperidine rings is 1. The van der Waals surface area contributed by atoms with E-state index in [9.17, 15) is 13.2 Å². The van der Waals surface area contributed by atoms with Crippen molar-refractivity contribution in [3.63, 3.8) is 0 Å². The molecule has 2 heterocycles. The molecule has 1 aromatic rings. The summed E-state index contributed by atoms with van der Waals surface area (Å²) in [6.07, 6.45) is 10.5. The predicted octanol–water partition coefficient (Wildman–Crippen LogP) is 2.66. The first-order chi connectivity index (χ1) is 15.0. The number of fused-ring (bicyclic) bond motifs is 2. The number of aryl methyl sites for hydroxylation is 2. The maximum absolute atomic E-state index is 13.2. The quantitative estimate of drug-likeness (QED) is 0.715. The average Bonchev–Trinajstić information content (AvgIpc) is 3.27. The third-order valence-electron chi connectivity index (χ3n) is 7.96. The highest BCUT2D eigenvalue weighted by Gasteiger charge is 2.37. The molecule has 0 bridgehead atoms. The van der Waals surface area contributed by atoms with E-state index in [1.807, 2.05) is 12.1 Å². The standard InChI is InChI=1S/C24H35N3O3S/c28-24(27-12-4-8-20-5-1-2-9-23(20)27)18-25-13-15-26(16-14-25)31(29,30)22-11-10-19-6-3-7-21(19)17-22/h10-11,17,20,23H,1-9,12-16,18H2/t20-,23-/m1/s1. The van der Waals surface area contributed by atoms with Gasteiger partial charge in [-0.25, -0.2) is 8.42 Å². The van der Waals surface area contributed by atoms with Gasteiger partial charge in [-0.2, -0.15) is 4.31 Å². The largest absolute Gasteiger partial charge is 0.338 e. The number of likely N-dealkylation sites (tertiary alicyclic amines) is 1. The second-order valence-corrected chi connectivity index (χ2v) is 11.7. The van der Waals surface area contributed by atoms with Gasteiger partial charge in [0.1, 0.15) is 0 Å². The molecule has 3 fully saturated rings. The Kier molecular flexibility index (Phi) is 6.10. The Morgan fingerprint density at radius 1 is 0.871 bits per heavy atom. The van der Waals surface area contributed by atoms with Crippen LogP contribution in [0.4, 0.5) is 0 Å². The predicted molar refractivity (Wildman–Crippen MR) is 120 cm³/mol. The number of carbonyl (C=O) groups is 1. The minimum absolute atomic E-state index is 0.242. The normalized spacial score (nSPS) is 27.7. The van der Waals surface area contributed by atoms with Gasteiger partial charge in [-0.05, 0) is 74.1 Å². The van der Waals surface area contributed by atoms with Gasteiger partial charge in [0, 0.05) is 38.8 Å². The van der Waals surface area contributed by atoms with Crippen molar-refractivity contribution in [3.8, 4) is 0 Å². The van der Waals surface area contributed by atoms with Crippen LogP contribution in [0.25, 0.3) is 0 Å². The van der Waals surface area contributed by atoms with E-state index < -0.39 is 10.0 Å². The van der Waals surface area contributed by atoms with E-state index in [0.717, 1.165) is 38.6 Å². The van der Waals surface area contributed by atoms with Gasteiger partial charge in [0.05, 0.1) is 11.4 Å². The number of hydrogen-bond acceptors (Lipinski definition) is 4. The van der Waals surface area contributed by atoms with Gasteiger partial charge in [0.2, 0.25) is 15.9 Å². The summed E-state index contributed by atoms with van der Waals surface area (Å²) < 4.78 is 27.9. The second-order valence-electron chi connectivity index (χ2n) is 9.81. The van der Waals surface area contributed by atoms with Crippen molar-refractivity contribution in [2.75, 3.05) is 39.3 Å². The third-order valence-corrected chi connectivity index (χ3v) is 9.86. The molecule has 2 aliphatic carbocycles. The van der Waals surface area contributed by atoms with Gasteiger partial charge in [0.25, 0.3) is 0 Å². The van der Waals surface area contributed by atoms with E-state index in [4.69, 9.17) is 0 Å². The van der Waals surface area contributed by atoms with Crippen LogP contribution in [-0.4, -0.2) is 73.7 Å². The first kappa shape index (κ1) is 21.4. The minimum atomic E-state index is -3.46. The fraction of sp³-hybridized carbons (Fsp3) is 0.708. The summed E-state index contributed by atoms with van der Waals surface area (Å²) in [5, 5.41) is 0. The fourth-order valence-corrected chi connectivity index (χ4v) is 7.68. The van der Waals surface area contributed by atoms with E-state index in [1.54, 1.807) is 10.4 Å². The van der Waals surface area contributed by atoms with Crippen molar-refractivity contribution in [1.29, 1.82) is 0 Å². The number of carbonyl (C=O) groups excluding carboxylic acids is 1. The molecule has 1 saturated carbocycles. The molecule has 31 heavy (non-hydrogen) atoms. The SMILES string of the molecule is O=C(CN1CCN(S(=O)(=O)c2ccc3c(c2)CCC3)CC1)N1CCC[C@H]2CCCC[C@H]21. The van der Waals surface area contributed by atoms with Crippen LogP contribution < -0.4 is 0 Å². The molecule has 1 aromatic carbocycles. The molecule has 1 amide bonds. The Morgan fingerprint density at radius 3 is 2.45 bits per heavy atom. The van der Waals surface area contributed by atoms with Crippen molar-refractivity contribution < 1.29 is 13.2 Å². The maximum atomic E-state index is 13.2. The Labute approximate surface area is 186 Å². The number of sulfonamides is 1. The van der Waals surface area contributed by atoms with E-state index in [2.05, 4.69) is 9.80 Å². The highest BCUT2D eigenvalue weighted by molar-refractivity contribution is 7.89. The van der Waals surface area contributed by atoms with Crippen LogP contribution in [0.3, 0.4) is 0 Å². The first-order valence-electron chi connectivity index (χ1n) is 12.2. The topological polar surface area (TPSA) is 60.9 Å². The smallest absolute Gasteiger partial charge is 0.243 e. The van der Waals surface area contributed by atoms with Crippen LogP contribution in [0.1, 0.15) is 56.1 Å². The lowest BCUT2D eigenvalue weighted by Crippen LogP contribution is -2.55. The molecule has 0 radical (unpaired) electrons. The van der Waals surface area contributed by atoms with Crippen LogP contribution in [0.15, 0.2) is 23.1 Å². The number of hydrogen-bond donors (Lipinski definition) is 0. The summed E-state index contributed by atoms with van der Waals surface area (Å²) in [4.78, 5) is 17.8. The lowest BCUT2D eigenvalue weighted by Gasteiger charge is -2.45. The lowest BCUT2D eigenvalue weighted by molar-refractivity contribution is -0.139. The molecule has 0 unspecified atom stereocenters. The number of nitrogens with zero attached hydrogens (tertiary/aromatic N) is 3. The zero-order chi connectivity index (χ0) is 21.4. The van der Waals surface area contributed by atoms with Gasteiger partial charge in [-0.3, -0.25) is 9.69 Å². The van der Waals surface area contributed by atoms with Gasteiger partial charge in [0.15, 0.2) is 0 Å². The number of rotatable bonds is 4. The molecule has 0 spiro atoms. The van der Waals surface area contributed by atoms with Gasteiger partial charge >= 0.3 is 0 Å². The number of benzene rings is 1. The zero-order valence-corrected chi connectivity index (χ0v) is 19.3. The number of amides is 1. The highest BCUT2D eigenvalue weighted by atomic mass is 32.2. The Balaban J connectivity index is 1.18. The molecule has 6 nitrogen and oxygen atoms in total. The Morgan fingerprint density at radius 2 is 1.61 bits per heavy atom. The van der Waals surface area contributed by atoms with Crippen LogP contribution in [0, 0.1) is 5.92 Å². The third kappa shape index (κ3) is 4.29. The van der Waals surface area contributed by atoms with Crippen molar-refractivity contribution in [3.05, 3.63) is 29.3 Å². The van der Waals surface area contributed by atoms with Crippen LogP contribution in [-0.2, 0) is 27.7 Å². The van der Waals surface area contributed by atoms with E-state index in [0.29, 0.717) is 49.6 Å². The van der Waals surface area contributed by atoms with E-state index >= 15 is 0 Å². The van der Waals surface area contributed by atoms with Gasteiger partial charge in [-0.15, -0.1) is 0 Å². The molecule has 4 aliphatic rings. The summed E-state index contributed by atoms with van der Waals surface area (Å²) in [5.74, 6) is 0.937. The molecular weight excluding hydrogens is 410 g/mol. The maximum Gasteiger partial charge on any atom is 0.243 e. The summed E-state index contributed by atoms with van der Waals surface area (Å²) in [5.41, 5.74) is 2.48. The van der Waals surface area contributed by atoms with Gasteiger partial charge < -0.3 is 4.90 Å². The average molecular weight is 446 g/mol. The summed E-state index contributed by atoms with van der Waals surface area (Å²) in [6, 6.07) is 6.08. The second kappa shape index (κ2) is 8.83. The Hall–Kier alpha value is -1.44. The van der Waals surface area contributed by atoms with E-state index in [-0.39, 0.29) is 5.91 Å². The van der Waals surface area contributed by atoms with Crippen molar-refractivity contribution >= 4 is 15.9 Å². The minimum Gasteiger partial charge on any atom is -0.338 e. The molecule has 0 N–H and O–H groups in total. The van der Waals surface area contributed by atoms with Crippen LogP contribution >= 0.6 is 0 Å². The molecule has 5 rings (SSSR count). The molecule has 2 aliphatic heterocycles. The van der Waals surface area contributed by atoms with Crippen LogP contribution in [0.5, 0.6) is 0 Å². The molecule has 7 heteroatoms. The monoisotopic (exact) mass is 445 g/mol. The van der Waals surface area contributed by atoms with Gasteiger partial charge in [-0.1, -0.05) is 18.9 Å². The first-order valence-corrected chi connectivity index (χ1v) is 13.6. The lowest BCUT2D eigenvalue weighted by atomic mass is 9.78. The molecule has 2 saturated heterocycles. The zero-order valence-electron chi connectivity index (χ0n) is 18.5. The molecule has 0 aromatic heterocycles. The number of piperazine rings is 1. The van der Waals surface area contributed by atoms with Crippen molar-refractivity contribution in [2.45, 2.75) is 68.7 Å².